The SMILES string of the molecule is CCC1(N)CC1c1cccc(NC(=O)c2ccccc2)c1. The van der Waals surface area contributed by atoms with Gasteiger partial charge in [0.15, 0.2) is 0 Å². The molecular weight excluding hydrogens is 260 g/mol. The number of nitrogens with two attached hydrogens (primary N) is 1. The van der Waals surface area contributed by atoms with E-state index >= 15 is 0 Å². The molecule has 0 heterocycles. The number of carbonyl (C=O) groups is 1. The molecule has 108 valence electrons. The molecule has 0 bridgehead atoms. The molecule has 3 rings (SSSR count). The van der Waals surface area contributed by atoms with E-state index in [2.05, 4.69) is 18.3 Å². The fourth-order valence-corrected chi connectivity index (χ4v) is 2.79. The van der Waals surface area contributed by atoms with Crippen molar-refractivity contribution >= 4 is 11.6 Å². The van der Waals surface area contributed by atoms with Gasteiger partial charge in [0.1, 0.15) is 0 Å². The van der Waals surface area contributed by atoms with Crippen molar-refractivity contribution in [1.82, 2.24) is 0 Å². The summed E-state index contributed by atoms with van der Waals surface area (Å²) in [7, 11) is 0. The van der Waals surface area contributed by atoms with Crippen molar-refractivity contribution in [3.05, 3.63) is 65.7 Å². The van der Waals surface area contributed by atoms with Crippen LogP contribution in [0.5, 0.6) is 0 Å². The number of rotatable bonds is 4. The number of amides is 1. The number of benzene rings is 2. The molecule has 2 aromatic rings. The molecule has 2 atom stereocenters. The van der Waals surface area contributed by atoms with Gasteiger partial charge in [0.25, 0.3) is 5.91 Å². The maximum absolute atomic E-state index is 12.2. The van der Waals surface area contributed by atoms with Crippen LogP contribution in [0.25, 0.3) is 0 Å². The first kappa shape index (κ1) is 13.8. The molecule has 0 spiro atoms. The Hall–Kier alpha value is -2.13. The summed E-state index contributed by atoms with van der Waals surface area (Å²) in [5.74, 6) is 0.328. The van der Waals surface area contributed by atoms with Crippen LogP contribution in [0.2, 0.25) is 0 Å². The van der Waals surface area contributed by atoms with Gasteiger partial charge < -0.3 is 11.1 Å². The average molecular weight is 280 g/mol. The van der Waals surface area contributed by atoms with E-state index in [4.69, 9.17) is 5.73 Å². The Morgan fingerprint density at radius 3 is 2.67 bits per heavy atom. The highest BCUT2D eigenvalue weighted by molar-refractivity contribution is 6.04. The van der Waals surface area contributed by atoms with Crippen molar-refractivity contribution in [2.45, 2.75) is 31.2 Å². The van der Waals surface area contributed by atoms with Gasteiger partial charge in [-0.2, -0.15) is 0 Å². The summed E-state index contributed by atoms with van der Waals surface area (Å²) < 4.78 is 0. The minimum Gasteiger partial charge on any atom is -0.325 e. The Labute approximate surface area is 125 Å². The van der Waals surface area contributed by atoms with E-state index in [-0.39, 0.29) is 11.4 Å². The second kappa shape index (κ2) is 5.34. The predicted octanol–water partition coefficient (Wildman–Crippen LogP) is 3.53. The topological polar surface area (TPSA) is 55.1 Å². The van der Waals surface area contributed by atoms with E-state index in [0.29, 0.717) is 11.5 Å². The Kier molecular flexibility index (Phi) is 3.52. The third kappa shape index (κ3) is 2.83. The summed E-state index contributed by atoms with van der Waals surface area (Å²) in [6.45, 7) is 2.13. The van der Waals surface area contributed by atoms with Crippen molar-refractivity contribution in [3.8, 4) is 0 Å². The van der Waals surface area contributed by atoms with E-state index < -0.39 is 0 Å². The molecule has 1 saturated carbocycles. The van der Waals surface area contributed by atoms with Crippen molar-refractivity contribution in [3.63, 3.8) is 0 Å². The van der Waals surface area contributed by atoms with Gasteiger partial charge in [-0.25, -0.2) is 0 Å². The van der Waals surface area contributed by atoms with Gasteiger partial charge in [-0.3, -0.25) is 4.79 Å². The van der Waals surface area contributed by atoms with Crippen LogP contribution in [0.15, 0.2) is 54.6 Å². The Balaban J connectivity index is 1.74. The molecule has 0 radical (unpaired) electrons. The first-order valence-corrected chi connectivity index (χ1v) is 7.37. The highest BCUT2D eigenvalue weighted by Crippen LogP contribution is 2.51. The zero-order chi connectivity index (χ0) is 14.9. The first-order chi connectivity index (χ1) is 10.1. The summed E-state index contributed by atoms with van der Waals surface area (Å²) in [5.41, 5.74) is 8.93. The van der Waals surface area contributed by atoms with Crippen molar-refractivity contribution in [1.29, 1.82) is 0 Å². The van der Waals surface area contributed by atoms with Crippen LogP contribution in [-0.2, 0) is 0 Å². The van der Waals surface area contributed by atoms with Gasteiger partial charge >= 0.3 is 0 Å². The molecular formula is C18H20N2O. The number of nitrogens with one attached hydrogen (secondary N) is 1. The summed E-state index contributed by atoms with van der Waals surface area (Å²) in [6, 6.07) is 17.3. The Morgan fingerprint density at radius 1 is 1.24 bits per heavy atom. The average Bonchev–Trinajstić information content (AvgIpc) is 3.21. The molecule has 3 N–H and O–H groups in total. The van der Waals surface area contributed by atoms with Crippen molar-refractivity contribution < 1.29 is 4.79 Å². The lowest BCUT2D eigenvalue weighted by Gasteiger charge is -2.10. The molecule has 3 nitrogen and oxygen atoms in total. The lowest BCUT2D eigenvalue weighted by Crippen LogP contribution is -2.22. The van der Waals surface area contributed by atoms with Gasteiger partial charge in [-0.1, -0.05) is 37.3 Å². The van der Waals surface area contributed by atoms with Gasteiger partial charge in [-0.15, -0.1) is 0 Å². The fraction of sp³-hybridized carbons (Fsp3) is 0.278. The van der Waals surface area contributed by atoms with Crippen LogP contribution in [0, 0.1) is 0 Å². The van der Waals surface area contributed by atoms with E-state index in [9.17, 15) is 4.79 Å². The van der Waals surface area contributed by atoms with Gasteiger partial charge in [-0.05, 0) is 42.7 Å². The van der Waals surface area contributed by atoms with E-state index in [1.165, 1.54) is 5.56 Å². The molecule has 1 amide bonds. The Morgan fingerprint density at radius 2 is 2.00 bits per heavy atom. The van der Waals surface area contributed by atoms with Crippen molar-refractivity contribution in [2.75, 3.05) is 5.32 Å². The first-order valence-electron chi connectivity index (χ1n) is 7.37. The second-order valence-electron chi connectivity index (χ2n) is 5.79. The largest absolute Gasteiger partial charge is 0.325 e. The van der Waals surface area contributed by atoms with Crippen LogP contribution >= 0.6 is 0 Å². The monoisotopic (exact) mass is 280 g/mol. The van der Waals surface area contributed by atoms with Gasteiger partial charge in [0.05, 0.1) is 0 Å². The molecule has 1 aliphatic rings. The number of hydrogen-bond donors (Lipinski definition) is 2. The summed E-state index contributed by atoms with van der Waals surface area (Å²) in [4.78, 5) is 12.2. The zero-order valence-corrected chi connectivity index (χ0v) is 12.2. The molecule has 0 saturated heterocycles. The predicted molar refractivity (Wildman–Crippen MR) is 85.4 cm³/mol. The number of carbonyl (C=O) groups excluding carboxylic acids is 1. The van der Waals surface area contributed by atoms with Crippen LogP contribution in [0.1, 0.15) is 41.6 Å². The fourth-order valence-electron chi connectivity index (χ4n) is 2.79. The lowest BCUT2D eigenvalue weighted by atomic mass is 10.0. The van der Waals surface area contributed by atoms with Gasteiger partial charge in [0.2, 0.25) is 0 Å². The standard InChI is InChI=1S/C18H20N2O/c1-2-18(19)12-16(18)14-9-6-10-15(11-14)20-17(21)13-7-4-3-5-8-13/h3-11,16H,2,12,19H2,1H3,(H,20,21). The molecule has 1 aliphatic carbocycles. The summed E-state index contributed by atoms with van der Waals surface area (Å²) in [6.07, 6.45) is 2.01. The van der Waals surface area contributed by atoms with E-state index in [1.54, 1.807) is 0 Å². The van der Waals surface area contributed by atoms with E-state index in [1.807, 2.05) is 48.5 Å². The third-order valence-electron chi connectivity index (χ3n) is 4.36. The summed E-state index contributed by atoms with van der Waals surface area (Å²) in [5, 5.41) is 2.95. The number of anilines is 1. The smallest absolute Gasteiger partial charge is 0.255 e. The van der Waals surface area contributed by atoms with Crippen LogP contribution in [0.3, 0.4) is 0 Å². The molecule has 0 aromatic heterocycles. The van der Waals surface area contributed by atoms with Crippen LogP contribution < -0.4 is 11.1 Å². The number of hydrogen-bond acceptors (Lipinski definition) is 2. The molecule has 3 heteroatoms. The zero-order valence-electron chi connectivity index (χ0n) is 12.2. The molecule has 1 fully saturated rings. The normalized spacial score (nSPS) is 23.6. The van der Waals surface area contributed by atoms with Crippen LogP contribution in [-0.4, -0.2) is 11.4 Å². The second-order valence-corrected chi connectivity index (χ2v) is 5.79. The highest BCUT2D eigenvalue weighted by Gasteiger charge is 2.49. The molecule has 2 aromatic carbocycles. The highest BCUT2D eigenvalue weighted by atomic mass is 16.1. The minimum absolute atomic E-state index is 0.0535. The molecule has 21 heavy (non-hydrogen) atoms. The summed E-state index contributed by atoms with van der Waals surface area (Å²) >= 11 is 0. The van der Waals surface area contributed by atoms with Gasteiger partial charge in [0, 0.05) is 22.7 Å². The Bertz CT molecular complexity index is 653. The third-order valence-corrected chi connectivity index (χ3v) is 4.36. The maximum Gasteiger partial charge on any atom is 0.255 e. The van der Waals surface area contributed by atoms with Crippen molar-refractivity contribution in [2.24, 2.45) is 5.73 Å². The molecule has 2 unspecified atom stereocenters. The molecule has 0 aliphatic heterocycles. The lowest BCUT2D eigenvalue weighted by molar-refractivity contribution is 0.102. The minimum atomic E-state index is -0.0851. The maximum atomic E-state index is 12.2. The quantitative estimate of drug-likeness (QED) is 0.900. The van der Waals surface area contributed by atoms with E-state index in [0.717, 1.165) is 18.5 Å². The van der Waals surface area contributed by atoms with Crippen LogP contribution in [0.4, 0.5) is 5.69 Å².